The third-order valence-corrected chi connectivity index (χ3v) is 4.93. The second kappa shape index (κ2) is 10.1. The van der Waals surface area contributed by atoms with Crippen molar-refractivity contribution >= 4 is 17.1 Å². The third kappa shape index (κ3) is 5.25. The second-order valence-electron chi connectivity index (χ2n) is 7.66. The van der Waals surface area contributed by atoms with Crippen molar-refractivity contribution in [3.05, 3.63) is 89.5 Å². The first-order chi connectivity index (χ1) is 13.5. The van der Waals surface area contributed by atoms with Crippen LogP contribution in [-0.4, -0.2) is 0 Å². The topological polar surface area (TPSA) is 3.24 Å². The van der Waals surface area contributed by atoms with Crippen LogP contribution in [0.15, 0.2) is 72.8 Å². The molecule has 0 amide bonds. The lowest BCUT2D eigenvalue weighted by Gasteiger charge is -2.26. The molecule has 3 aromatic carbocycles. The van der Waals surface area contributed by atoms with Gasteiger partial charge in [-0.3, -0.25) is 0 Å². The molecular formula is C27H35N. The molecule has 148 valence electrons. The van der Waals surface area contributed by atoms with Gasteiger partial charge >= 0.3 is 0 Å². The van der Waals surface area contributed by atoms with Crippen LogP contribution in [0.5, 0.6) is 0 Å². The second-order valence-corrected chi connectivity index (χ2v) is 7.66. The molecule has 0 aromatic heterocycles. The Labute approximate surface area is 172 Å². The van der Waals surface area contributed by atoms with Crippen molar-refractivity contribution < 1.29 is 0 Å². The quantitative estimate of drug-likeness (QED) is 0.432. The van der Waals surface area contributed by atoms with Gasteiger partial charge < -0.3 is 4.90 Å². The van der Waals surface area contributed by atoms with Crippen LogP contribution >= 0.6 is 0 Å². The summed E-state index contributed by atoms with van der Waals surface area (Å²) in [5.41, 5.74) is 7.58. The minimum Gasteiger partial charge on any atom is -0.311 e. The summed E-state index contributed by atoms with van der Waals surface area (Å²) in [6, 6.07) is 26.6. The summed E-state index contributed by atoms with van der Waals surface area (Å²) in [7, 11) is 0. The lowest BCUT2D eigenvalue weighted by atomic mass is 10.0. The molecule has 1 nitrogen and oxygen atoms in total. The van der Waals surface area contributed by atoms with Crippen LogP contribution < -0.4 is 4.90 Å². The first-order valence-corrected chi connectivity index (χ1v) is 10.5. The fourth-order valence-corrected chi connectivity index (χ4v) is 3.16. The molecule has 0 saturated carbocycles. The summed E-state index contributed by atoms with van der Waals surface area (Å²) in [6.07, 6.45) is 0. The lowest BCUT2D eigenvalue weighted by molar-refractivity contribution is 0.866. The van der Waals surface area contributed by atoms with Gasteiger partial charge in [0.1, 0.15) is 0 Å². The molecule has 0 radical (unpaired) electrons. The Morgan fingerprint density at radius 1 is 0.500 bits per heavy atom. The van der Waals surface area contributed by atoms with E-state index >= 15 is 0 Å². The molecule has 0 aliphatic rings. The molecule has 0 unspecified atom stereocenters. The zero-order valence-electron chi connectivity index (χ0n) is 18.5. The zero-order valence-corrected chi connectivity index (χ0v) is 18.5. The van der Waals surface area contributed by atoms with E-state index < -0.39 is 0 Å². The Hall–Kier alpha value is -2.54. The number of nitrogens with zero attached hydrogens (tertiary/aromatic N) is 1. The van der Waals surface area contributed by atoms with E-state index in [1.54, 1.807) is 0 Å². The Bertz CT molecular complexity index is 773. The summed E-state index contributed by atoms with van der Waals surface area (Å²) in [6.45, 7) is 15.1. The molecule has 0 heterocycles. The van der Waals surface area contributed by atoms with Crippen molar-refractivity contribution in [3.63, 3.8) is 0 Å². The summed E-state index contributed by atoms with van der Waals surface area (Å²) >= 11 is 0. The van der Waals surface area contributed by atoms with E-state index in [0.29, 0.717) is 11.8 Å². The fraction of sp³-hybridized carbons (Fsp3) is 0.333. The highest BCUT2D eigenvalue weighted by atomic mass is 15.1. The normalized spacial score (nSPS) is 10.6. The van der Waals surface area contributed by atoms with Gasteiger partial charge in [0.25, 0.3) is 0 Å². The molecular weight excluding hydrogens is 338 g/mol. The first-order valence-electron chi connectivity index (χ1n) is 10.5. The largest absolute Gasteiger partial charge is 0.311 e. The minimum absolute atomic E-state index is 0.544. The monoisotopic (exact) mass is 373 g/mol. The van der Waals surface area contributed by atoms with Crippen molar-refractivity contribution in [2.75, 3.05) is 4.90 Å². The summed E-state index contributed by atoms with van der Waals surface area (Å²) in [5, 5.41) is 0. The van der Waals surface area contributed by atoms with Crippen LogP contribution in [0.3, 0.4) is 0 Å². The number of aryl methyl sites for hydroxylation is 1. The number of anilines is 3. The van der Waals surface area contributed by atoms with Gasteiger partial charge in [-0.2, -0.15) is 0 Å². The Balaban J connectivity index is 0.00000136. The van der Waals surface area contributed by atoms with E-state index in [1.807, 2.05) is 13.8 Å². The standard InChI is InChI=1S/C25H29N.C2H6/c1-18(2)21-8-14-24(15-9-21)26(23-12-6-20(5)7-13-23)25-16-10-22(11-17-25)19(3)4;1-2/h6-19H,1-5H3;1-2H3. The van der Waals surface area contributed by atoms with Gasteiger partial charge in [0.15, 0.2) is 0 Å². The van der Waals surface area contributed by atoms with E-state index in [0.717, 1.165) is 0 Å². The van der Waals surface area contributed by atoms with Gasteiger partial charge in [-0.25, -0.2) is 0 Å². The Morgan fingerprint density at radius 3 is 1.07 bits per heavy atom. The molecule has 0 N–H and O–H groups in total. The SMILES string of the molecule is CC.Cc1ccc(N(c2ccc(C(C)C)cc2)c2ccc(C(C)C)cc2)cc1. The molecule has 3 rings (SSSR count). The highest BCUT2D eigenvalue weighted by Gasteiger charge is 2.13. The molecule has 0 aliphatic carbocycles. The predicted octanol–water partition coefficient (Wildman–Crippen LogP) is 8.74. The minimum atomic E-state index is 0.544. The molecule has 0 atom stereocenters. The van der Waals surface area contributed by atoms with Crippen molar-refractivity contribution in [2.45, 2.75) is 60.3 Å². The number of hydrogen-bond donors (Lipinski definition) is 0. The summed E-state index contributed by atoms with van der Waals surface area (Å²) in [4.78, 5) is 2.33. The van der Waals surface area contributed by atoms with Crippen molar-refractivity contribution in [3.8, 4) is 0 Å². The van der Waals surface area contributed by atoms with E-state index in [9.17, 15) is 0 Å². The van der Waals surface area contributed by atoms with Gasteiger partial charge in [-0.05, 0) is 66.3 Å². The van der Waals surface area contributed by atoms with Crippen LogP contribution in [0.1, 0.15) is 70.1 Å². The molecule has 0 aliphatic heterocycles. The Kier molecular flexibility index (Phi) is 7.87. The van der Waals surface area contributed by atoms with Crippen molar-refractivity contribution in [1.82, 2.24) is 0 Å². The molecule has 3 aromatic rings. The molecule has 0 bridgehead atoms. The molecule has 0 saturated heterocycles. The van der Waals surface area contributed by atoms with Gasteiger partial charge in [0.05, 0.1) is 0 Å². The molecule has 0 spiro atoms. The third-order valence-electron chi connectivity index (χ3n) is 4.93. The Morgan fingerprint density at radius 2 is 0.786 bits per heavy atom. The molecule has 0 fully saturated rings. The first kappa shape index (κ1) is 21.8. The number of rotatable bonds is 5. The smallest absolute Gasteiger partial charge is 0.0461 e. The van der Waals surface area contributed by atoms with Crippen LogP contribution in [0.2, 0.25) is 0 Å². The molecule has 1 heteroatoms. The predicted molar refractivity (Wildman–Crippen MR) is 125 cm³/mol. The van der Waals surface area contributed by atoms with Crippen LogP contribution in [0.4, 0.5) is 17.1 Å². The van der Waals surface area contributed by atoms with E-state index in [2.05, 4.69) is 112 Å². The summed E-state index contributed by atoms with van der Waals surface area (Å²) < 4.78 is 0. The van der Waals surface area contributed by atoms with E-state index in [1.165, 1.54) is 33.8 Å². The number of benzene rings is 3. The highest BCUT2D eigenvalue weighted by Crippen LogP contribution is 2.35. The van der Waals surface area contributed by atoms with E-state index in [4.69, 9.17) is 0 Å². The molecule has 28 heavy (non-hydrogen) atoms. The highest BCUT2D eigenvalue weighted by molar-refractivity contribution is 5.76. The maximum Gasteiger partial charge on any atom is 0.0461 e. The maximum absolute atomic E-state index is 2.33. The van der Waals surface area contributed by atoms with E-state index in [-0.39, 0.29) is 0 Å². The zero-order chi connectivity index (χ0) is 20.7. The van der Waals surface area contributed by atoms with Crippen molar-refractivity contribution in [2.24, 2.45) is 0 Å². The average molecular weight is 374 g/mol. The number of hydrogen-bond acceptors (Lipinski definition) is 1. The van der Waals surface area contributed by atoms with Gasteiger partial charge in [0, 0.05) is 17.1 Å². The fourth-order valence-electron chi connectivity index (χ4n) is 3.16. The lowest BCUT2D eigenvalue weighted by Crippen LogP contribution is -2.10. The maximum atomic E-state index is 2.33. The van der Waals surface area contributed by atoms with Gasteiger partial charge in [0.2, 0.25) is 0 Å². The van der Waals surface area contributed by atoms with Crippen LogP contribution in [0, 0.1) is 6.92 Å². The van der Waals surface area contributed by atoms with Crippen molar-refractivity contribution in [1.29, 1.82) is 0 Å². The van der Waals surface area contributed by atoms with Gasteiger partial charge in [-0.1, -0.05) is 83.5 Å². The average Bonchev–Trinajstić information content (AvgIpc) is 2.72. The van der Waals surface area contributed by atoms with Crippen LogP contribution in [0.25, 0.3) is 0 Å². The summed E-state index contributed by atoms with van der Waals surface area (Å²) in [5.74, 6) is 1.09. The van der Waals surface area contributed by atoms with Gasteiger partial charge in [-0.15, -0.1) is 0 Å². The van der Waals surface area contributed by atoms with Crippen LogP contribution in [-0.2, 0) is 0 Å².